The fourth-order valence-corrected chi connectivity index (χ4v) is 2.38. The molecular weight excluding hydrogens is 218 g/mol. The normalized spacial score (nSPS) is 21.8. The predicted molar refractivity (Wildman–Crippen MR) is 65.6 cm³/mol. The van der Waals surface area contributed by atoms with Crippen molar-refractivity contribution < 1.29 is 14.7 Å². The van der Waals surface area contributed by atoms with Crippen LogP contribution in [0.4, 0.5) is 0 Å². The van der Waals surface area contributed by atoms with Crippen LogP contribution in [0, 0.1) is 11.3 Å². The fourth-order valence-electron chi connectivity index (χ4n) is 2.38. The molecule has 2 N–H and O–H groups in total. The Morgan fingerprint density at radius 2 is 1.88 bits per heavy atom. The maximum Gasteiger partial charge on any atom is 0.326 e. The van der Waals surface area contributed by atoms with Crippen molar-refractivity contribution in [1.82, 2.24) is 5.32 Å². The summed E-state index contributed by atoms with van der Waals surface area (Å²) in [5.74, 6) is -1.07. The van der Waals surface area contributed by atoms with Crippen molar-refractivity contribution in [3.05, 3.63) is 0 Å². The lowest BCUT2D eigenvalue weighted by Gasteiger charge is -2.27. The van der Waals surface area contributed by atoms with Crippen LogP contribution in [0.2, 0.25) is 0 Å². The molecule has 1 saturated carbocycles. The molecular formula is C13H23NO3. The van der Waals surface area contributed by atoms with Gasteiger partial charge in [-0.2, -0.15) is 0 Å². The third-order valence-corrected chi connectivity index (χ3v) is 4.02. The second-order valence-electron chi connectivity index (χ2n) is 5.44. The molecule has 0 aromatic carbocycles. The standard InChI is InChI=1S/C13H23NO3/c1-4-9(2)10(11(15)16)14-12(17)13(3)7-5-6-8-13/h9-10H,4-8H2,1-3H3,(H,14,17)(H,15,16). The molecule has 4 heteroatoms. The number of hydrogen-bond acceptors (Lipinski definition) is 2. The zero-order valence-corrected chi connectivity index (χ0v) is 11.0. The van der Waals surface area contributed by atoms with Gasteiger partial charge < -0.3 is 10.4 Å². The summed E-state index contributed by atoms with van der Waals surface area (Å²) in [7, 11) is 0. The van der Waals surface area contributed by atoms with Crippen LogP contribution in [0.5, 0.6) is 0 Å². The molecule has 2 unspecified atom stereocenters. The van der Waals surface area contributed by atoms with E-state index in [4.69, 9.17) is 5.11 Å². The summed E-state index contributed by atoms with van der Waals surface area (Å²) < 4.78 is 0. The van der Waals surface area contributed by atoms with Gasteiger partial charge >= 0.3 is 5.97 Å². The maximum atomic E-state index is 12.1. The van der Waals surface area contributed by atoms with Crippen LogP contribution in [0.15, 0.2) is 0 Å². The third-order valence-electron chi connectivity index (χ3n) is 4.02. The highest BCUT2D eigenvalue weighted by Gasteiger charge is 2.38. The average molecular weight is 241 g/mol. The summed E-state index contributed by atoms with van der Waals surface area (Å²) in [5, 5.41) is 11.8. The van der Waals surface area contributed by atoms with E-state index < -0.39 is 12.0 Å². The van der Waals surface area contributed by atoms with E-state index in [1.165, 1.54) is 0 Å². The molecule has 0 spiro atoms. The van der Waals surface area contributed by atoms with Crippen molar-refractivity contribution >= 4 is 11.9 Å². The lowest BCUT2D eigenvalue weighted by Crippen LogP contribution is -2.49. The van der Waals surface area contributed by atoms with Crippen LogP contribution >= 0.6 is 0 Å². The SMILES string of the molecule is CCC(C)C(NC(=O)C1(C)CCCC1)C(=O)O. The van der Waals surface area contributed by atoms with E-state index in [0.29, 0.717) is 0 Å². The predicted octanol–water partition coefficient (Wildman–Crippen LogP) is 2.18. The van der Waals surface area contributed by atoms with Gasteiger partial charge in [0.25, 0.3) is 0 Å². The third kappa shape index (κ3) is 3.20. The van der Waals surface area contributed by atoms with E-state index in [9.17, 15) is 9.59 Å². The molecule has 98 valence electrons. The Kier molecular flexibility index (Phi) is 4.54. The molecule has 0 aromatic heterocycles. The minimum absolute atomic E-state index is 0.0403. The van der Waals surface area contributed by atoms with Crippen molar-refractivity contribution in [2.75, 3.05) is 0 Å². The Hall–Kier alpha value is -1.06. The zero-order valence-electron chi connectivity index (χ0n) is 11.0. The van der Waals surface area contributed by atoms with Crippen LogP contribution in [-0.2, 0) is 9.59 Å². The van der Waals surface area contributed by atoms with E-state index >= 15 is 0 Å². The highest BCUT2D eigenvalue weighted by molar-refractivity contribution is 5.87. The number of carbonyl (C=O) groups is 2. The van der Waals surface area contributed by atoms with Crippen LogP contribution in [0.25, 0.3) is 0 Å². The molecule has 2 atom stereocenters. The van der Waals surface area contributed by atoms with Gasteiger partial charge in [0, 0.05) is 5.41 Å². The molecule has 0 radical (unpaired) electrons. The Morgan fingerprint density at radius 3 is 2.29 bits per heavy atom. The molecule has 0 aliphatic heterocycles. The maximum absolute atomic E-state index is 12.1. The highest BCUT2D eigenvalue weighted by atomic mass is 16.4. The smallest absolute Gasteiger partial charge is 0.326 e. The summed E-state index contributed by atoms with van der Waals surface area (Å²) in [5.41, 5.74) is -0.360. The van der Waals surface area contributed by atoms with Crippen molar-refractivity contribution in [1.29, 1.82) is 0 Å². The topological polar surface area (TPSA) is 66.4 Å². The molecule has 0 saturated heterocycles. The molecule has 1 amide bonds. The van der Waals surface area contributed by atoms with Crippen LogP contribution < -0.4 is 5.32 Å². The number of amides is 1. The summed E-state index contributed by atoms with van der Waals surface area (Å²) in [6.07, 6.45) is 4.60. The summed E-state index contributed by atoms with van der Waals surface area (Å²) >= 11 is 0. The van der Waals surface area contributed by atoms with Gasteiger partial charge in [-0.25, -0.2) is 4.79 Å². The fraction of sp³-hybridized carbons (Fsp3) is 0.846. The summed E-state index contributed by atoms with van der Waals surface area (Å²) in [4.78, 5) is 23.3. The number of hydrogen-bond donors (Lipinski definition) is 2. The molecule has 1 fully saturated rings. The van der Waals surface area contributed by atoms with E-state index in [1.54, 1.807) is 0 Å². The monoisotopic (exact) mass is 241 g/mol. The molecule has 17 heavy (non-hydrogen) atoms. The van der Waals surface area contributed by atoms with E-state index in [-0.39, 0.29) is 17.2 Å². The van der Waals surface area contributed by atoms with Gasteiger partial charge in [0.05, 0.1) is 0 Å². The summed E-state index contributed by atoms with van der Waals surface area (Å²) in [6.45, 7) is 5.73. The minimum Gasteiger partial charge on any atom is -0.480 e. The molecule has 4 nitrogen and oxygen atoms in total. The van der Waals surface area contributed by atoms with Gasteiger partial charge in [-0.05, 0) is 18.8 Å². The van der Waals surface area contributed by atoms with E-state index in [0.717, 1.165) is 32.1 Å². The molecule has 1 rings (SSSR count). The number of rotatable bonds is 5. The van der Waals surface area contributed by atoms with Crippen molar-refractivity contribution in [2.45, 2.75) is 58.9 Å². The number of carbonyl (C=O) groups excluding carboxylic acids is 1. The number of carboxylic acids is 1. The van der Waals surface area contributed by atoms with Gasteiger partial charge in [0.15, 0.2) is 0 Å². The molecule has 1 aliphatic carbocycles. The van der Waals surface area contributed by atoms with Crippen molar-refractivity contribution in [2.24, 2.45) is 11.3 Å². The number of nitrogens with one attached hydrogen (secondary N) is 1. The quantitative estimate of drug-likeness (QED) is 0.775. The Balaban J connectivity index is 2.67. The largest absolute Gasteiger partial charge is 0.480 e. The molecule has 0 heterocycles. The lowest BCUT2D eigenvalue weighted by molar-refractivity contribution is -0.145. The van der Waals surface area contributed by atoms with Gasteiger partial charge in [-0.3, -0.25) is 4.79 Å². The molecule has 0 bridgehead atoms. The lowest BCUT2D eigenvalue weighted by atomic mass is 9.86. The van der Waals surface area contributed by atoms with Crippen LogP contribution in [0.3, 0.4) is 0 Å². The van der Waals surface area contributed by atoms with Gasteiger partial charge in [0.2, 0.25) is 5.91 Å². The minimum atomic E-state index is -0.936. The first-order chi connectivity index (χ1) is 7.90. The second-order valence-corrected chi connectivity index (χ2v) is 5.44. The summed E-state index contributed by atoms with van der Waals surface area (Å²) in [6, 6.07) is -0.759. The van der Waals surface area contributed by atoms with E-state index in [2.05, 4.69) is 5.32 Å². The average Bonchev–Trinajstić information content (AvgIpc) is 2.72. The van der Waals surface area contributed by atoms with Gasteiger partial charge in [0.1, 0.15) is 6.04 Å². The van der Waals surface area contributed by atoms with Gasteiger partial charge in [-0.15, -0.1) is 0 Å². The highest BCUT2D eigenvalue weighted by Crippen LogP contribution is 2.37. The van der Waals surface area contributed by atoms with Gasteiger partial charge in [-0.1, -0.05) is 40.0 Å². The van der Waals surface area contributed by atoms with Crippen molar-refractivity contribution in [3.8, 4) is 0 Å². The first-order valence-corrected chi connectivity index (χ1v) is 6.44. The van der Waals surface area contributed by atoms with Crippen molar-refractivity contribution in [3.63, 3.8) is 0 Å². The van der Waals surface area contributed by atoms with Crippen LogP contribution in [-0.4, -0.2) is 23.0 Å². The first-order valence-electron chi connectivity index (χ1n) is 6.44. The molecule has 1 aliphatic rings. The first kappa shape index (κ1) is 14.0. The Bertz CT molecular complexity index is 295. The molecule has 0 aromatic rings. The number of carboxylic acid groups (broad SMARTS) is 1. The Morgan fingerprint density at radius 1 is 1.35 bits per heavy atom. The Labute approximate surface area is 103 Å². The number of aliphatic carboxylic acids is 1. The zero-order chi connectivity index (χ0) is 13.1. The van der Waals surface area contributed by atoms with E-state index in [1.807, 2.05) is 20.8 Å². The second kappa shape index (κ2) is 5.52. The van der Waals surface area contributed by atoms with Crippen LogP contribution in [0.1, 0.15) is 52.9 Å².